The molecule has 0 aliphatic rings. The summed E-state index contributed by atoms with van der Waals surface area (Å²) in [6.45, 7) is 3.27. The van der Waals surface area contributed by atoms with E-state index in [1.165, 1.54) is 193 Å². The molecule has 3 nitrogen and oxygen atoms in total. The fourth-order valence-corrected chi connectivity index (χ4v) is 5.94. The second kappa shape index (κ2) is 37.5. The number of unbranched alkanes of at least 4 members (excludes halogenated alkanes) is 31. The topological polar surface area (TPSA) is 46.5 Å². The zero-order chi connectivity index (χ0) is 29.7. The summed E-state index contributed by atoms with van der Waals surface area (Å²) in [6.07, 6.45) is 44.7. The second-order valence-electron chi connectivity index (χ2n) is 13.0. The molecule has 41 heavy (non-hydrogen) atoms. The maximum Gasteiger partial charge on any atom is 0.305 e. The average Bonchev–Trinajstić information content (AvgIpc) is 2.98. The third-order valence-corrected chi connectivity index (χ3v) is 8.80. The number of rotatable bonds is 36. The van der Waals surface area contributed by atoms with E-state index in [1.54, 1.807) is 0 Å². The van der Waals surface area contributed by atoms with Gasteiger partial charge < -0.3 is 9.84 Å². The highest BCUT2D eigenvalue weighted by Crippen LogP contribution is 2.16. The fourth-order valence-electron chi connectivity index (χ4n) is 5.94. The van der Waals surface area contributed by atoms with Crippen molar-refractivity contribution in [1.82, 2.24) is 0 Å². The smallest absolute Gasteiger partial charge is 0.305 e. The van der Waals surface area contributed by atoms with Gasteiger partial charge >= 0.3 is 5.97 Å². The van der Waals surface area contributed by atoms with Gasteiger partial charge in [-0.1, -0.05) is 200 Å². The fraction of sp³-hybridized carbons (Fsp3) is 0.974. The summed E-state index contributed by atoms with van der Waals surface area (Å²) in [4.78, 5) is 11.9. The molecule has 0 bridgehead atoms. The summed E-state index contributed by atoms with van der Waals surface area (Å²) in [6, 6.07) is 0. The SMILES string of the molecule is CCCCCCCCCCCCCCCCCCCCCC(=O)OCCCCCCCCCCCCCCCCO. The second-order valence-corrected chi connectivity index (χ2v) is 13.0. The molecule has 0 atom stereocenters. The maximum absolute atomic E-state index is 11.9. The lowest BCUT2D eigenvalue weighted by Gasteiger charge is -2.06. The molecule has 0 saturated heterocycles. The van der Waals surface area contributed by atoms with Crippen molar-refractivity contribution in [2.24, 2.45) is 0 Å². The summed E-state index contributed by atoms with van der Waals surface area (Å²) in [5.74, 6) is 0.0189. The van der Waals surface area contributed by atoms with E-state index in [4.69, 9.17) is 9.84 Å². The van der Waals surface area contributed by atoms with Crippen LogP contribution in [-0.4, -0.2) is 24.3 Å². The van der Waals surface area contributed by atoms with Gasteiger partial charge in [-0.3, -0.25) is 4.79 Å². The third kappa shape index (κ3) is 37.4. The highest BCUT2D eigenvalue weighted by Gasteiger charge is 2.03. The Hall–Kier alpha value is -0.570. The molecule has 0 aliphatic carbocycles. The lowest BCUT2D eigenvalue weighted by Crippen LogP contribution is -2.05. The van der Waals surface area contributed by atoms with Crippen LogP contribution in [0.4, 0.5) is 0 Å². The zero-order valence-electron chi connectivity index (χ0n) is 28.2. The van der Waals surface area contributed by atoms with Gasteiger partial charge in [-0.2, -0.15) is 0 Å². The molecule has 0 amide bonds. The number of hydrogen-bond acceptors (Lipinski definition) is 3. The van der Waals surface area contributed by atoms with Gasteiger partial charge in [0, 0.05) is 13.0 Å². The van der Waals surface area contributed by atoms with E-state index in [2.05, 4.69) is 6.92 Å². The van der Waals surface area contributed by atoms with Gasteiger partial charge in [-0.15, -0.1) is 0 Å². The van der Waals surface area contributed by atoms with Crippen molar-refractivity contribution < 1.29 is 14.6 Å². The molecule has 246 valence electrons. The minimum Gasteiger partial charge on any atom is -0.466 e. The van der Waals surface area contributed by atoms with Crippen LogP contribution in [0.25, 0.3) is 0 Å². The van der Waals surface area contributed by atoms with Gasteiger partial charge in [0.25, 0.3) is 0 Å². The van der Waals surface area contributed by atoms with Crippen LogP contribution in [0.2, 0.25) is 0 Å². The first kappa shape index (κ1) is 40.4. The molecule has 0 saturated carbocycles. The molecule has 0 aromatic rings. The van der Waals surface area contributed by atoms with Crippen LogP contribution >= 0.6 is 0 Å². The van der Waals surface area contributed by atoms with Crippen molar-refractivity contribution in [3.8, 4) is 0 Å². The minimum absolute atomic E-state index is 0.0189. The van der Waals surface area contributed by atoms with Crippen LogP contribution in [0.3, 0.4) is 0 Å². The first-order chi connectivity index (χ1) is 20.3. The number of aliphatic hydroxyl groups excluding tert-OH is 1. The summed E-state index contributed by atoms with van der Waals surface area (Å²) >= 11 is 0. The van der Waals surface area contributed by atoms with Crippen LogP contribution < -0.4 is 0 Å². The van der Waals surface area contributed by atoms with E-state index in [0.717, 1.165) is 19.3 Å². The Kier molecular flexibility index (Phi) is 36.9. The Morgan fingerprint density at radius 3 is 0.976 bits per heavy atom. The number of carbonyl (C=O) groups is 1. The van der Waals surface area contributed by atoms with Crippen LogP contribution in [0.15, 0.2) is 0 Å². The van der Waals surface area contributed by atoms with E-state index in [0.29, 0.717) is 19.6 Å². The first-order valence-electron chi connectivity index (χ1n) is 19.1. The Morgan fingerprint density at radius 1 is 0.390 bits per heavy atom. The first-order valence-corrected chi connectivity index (χ1v) is 19.1. The lowest BCUT2D eigenvalue weighted by molar-refractivity contribution is -0.143. The van der Waals surface area contributed by atoms with Gasteiger partial charge in [0.15, 0.2) is 0 Å². The molecule has 1 N–H and O–H groups in total. The zero-order valence-corrected chi connectivity index (χ0v) is 28.2. The molecular weight excluding hydrogens is 504 g/mol. The van der Waals surface area contributed by atoms with Crippen molar-refractivity contribution in [2.45, 2.75) is 225 Å². The van der Waals surface area contributed by atoms with E-state index in [-0.39, 0.29) is 5.97 Å². The number of aliphatic hydroxyl groups is 1. The van der Waals surface area contributed by atoms with E-state index >= 15 is 0 Å². The largest absolute Gasteiger partial charge is 0.466 e. The van der Waals surface area contributed by atoms with E-state index in [9.17, 15) is 4.79 Å². The lowest BCUT2D eigenvalue weighted by atomic mass is 10.0. The Labute approximate surface area is 258 Å². The minimum atomic E-state index is 0.0189. The predicted octanol–water partition coefficient (Wildman–Crippen LogP) is 12.8. The van der Waals surface area contributed by atoms with Gasteiger partial charge in [-0.05, 0) is 19.3 Å². The molecule has 0 unspecified atom stereocenters. The van der Waals surface area contributed by atoms with Crippen molar-refractivity contribution in [3.63, 3.8) is 0 Å². The monoisotopic (exact) mass is 581 g/mol. The van der Waals surface area contributed by atoms with Gasteiger partial charge in [0.05, 0.1) is 6.61 Å². The van der Waals surface area contributed by atoms with Crippen LogP contribution in [0.1, 0.15) is 225 Å². The molecule has 0 radical (unpaired) electrons. The normalized spacial score (nSPS) is 11.4. The van der Waals surface area contributed by atoms with Crippen LogP contribution in [-0.2, 0) is 9.53 Å². The molecule has 0 spiro atoms. The van der Waals surface area contributed by atoms with Gasteiger partial charge in [0.2, 0.25) is 0 Å². The third-order valence-electron chi connectivity index (χ3n) is 8.80. The Morgan fingerprint density at radius 2 is 0.659 bits per heavy atom. The van der Waals surface area contributed by atoms with Crippen LogP contribution in [0, 0.1) is 0 Å². The quantitative estimate of drug-likeness (QED) is 0.0592. The van der Waals surface area contributed by atoms with Gasteiger partial charge in [0.1, 0.15) is 0 Å². The van der Waals surface area contributed by atoms with Crippen molar-refractivity contribution in [2.75, 3.05) is 13.2 Å². The molecule has 0 heterocycles. The highest BCUT2D eigenvalue weighted by atomic mass is 16.5. The molecule has 0 aromatic heterocycles. The molecule has 0 aliphatic heterocycles. The Balaban J connectivity index is 3.14. The number of ether oxygens (including phenoxy) is 1. The molecule has 0 fully saturated rings. The van der Waals surface area contributed by atoms with Crippen molar-refractivity contribution >= 4 is 5.97 Å². The van der Waals surface area contributed by atoms with E-state index in [1.807, 2.05) is 0 Å². The summed E-state index contributed by atoms with van der Waals surface area (Å²) in [7, 11) is 0. The number of esters is 1. The molecule has 0 rings (SSSR count). The highest BCUT2D eigenvalue weighted by molar-refractivity contribution is 5.69. The van der Waals surface area contributed by atoms with Crippen molar-refractivity contribution in [1.29, 1.82) is 0 Å². The molecular formula is C38H76O3. The number of carbonyl (C=O) groups excluding carboxylic acids is 1. The van der Waals surface area contributed by atoms with Crippen molar-refractivity contribution in [3.05, 3.63) is 0 Å². The number of hydrogen-bond donors (Lipinski definition) is 1. The summed E-state index contributed by atoms with van der Waals surface area (Å²) < 4.78 is 5.44. The maximum atomic E-state index is 11.9. The standard InChI is InChI=1S/C38H76O3/c1-2-3-4-5-6-7-8-9-10-11-12-13-14-17-20-23-26-29-32-35-38(40)41-37-34-31-28-25-22-19-16-15-18-21-24-27-30-33-36-39/h39H,2-37H2,1H3. The summed E-state index contributed by atoms with van der Waals surface area (Å²) in [5, 5.41) is 8.78. The summed E-state index contributed by atoms with van der Waals surface area (Å²) in [5.41, 5.74) is 0. The molecule has 3 heteroatoms. The van der Waals surface area contributed by atoms with E-state index < -0.39 is 0 Å². The Bertz CT molecular complexity index is 478. The predicted molar refractivity (Wildman–Crippen MR) is 181 cm³/mol. The average molecular weight is 581 g/mol. The van der Waals surface area contributed by atoms with Crippen LogP contribution in [0.5, 0.6) is 0 Å². The molecule has 0 aromatic carbocycles. The van der Waals surface area contributed by atoms with Gasteiger partial charge in [-0.25, -0.2) is 0 Å².